The zero-order chi connectivity index (χ0) is 23.3. The average molecular weight is 441 g/mol. The van der Waals surface area contributed by atoms with Crippen LogP contribution >= 0.6 is 0 Å². The molecule has 3 nitrogen and oxygen atoms in total. The maximum absolute atomic E-state index is 12.5. The van der Waals surface area contributed by atoms with Crippen LogP contribution in [-0.4, -0.2) is 17.9 Å². The lowest BCUT2D eigenvalue weighted by molar-refractivity contribution is -0.232. The molecular formula is C29H44O3. The molecule has 5 aliphatic rings. The number of esters is 1. The normalized spacial score (nSPS) is 51.6. The molecule has 178 valence electrons. The van der Waals surface area contributed by atoms with Gasteiger partial charge >= 0.3 is 5.97 Å². The number of fused-ring (bicyclic) bond motifs is 7. The summed E-state index contributed by atoms with van der Waals surface area (Å²) >= 11 is 0. The van der Waals surface area contributed by atoms with Crippen molar-refractivity contribution in [2.75, 3.05) is 0 Å². The van der Waals surface area contributed by atoms with Crippen molar-refractivity contribution >= 4 is 11.8 Å². The van der Waals surface area contributed by atoms with E-state index in [1.165, 1.54) is 50.5 Å². The van der Waals surface area contributed by atoms with Gasteiger partial charge in [0.15, 0.2) is 5.78 Å². The first kappa shape index (κ1) is 22.7. The second-order valence-electron chi connectivity index (χ2n) is 13.9. The summed E-state index contributed by atoms with van der Waals surface area (Å²) in [6.45, 7) is 16.4. The van der Waals surface area contributed by atoms with Crippen LogP contribution in [0.4, 0.5) is 0 Å². The molecule has 3 heteroatoms. The highest BCUT2D eigenvalue weighted by atomic mass is 16.5. The van der Waals surface area contributed by atoms with Crippen LogP contribution in [0.2, 0.25) is 0 Å². The first-order valence-corrected chi connectivity index (χ1v) is 13.2. The molecule has 4 saturated carbocycles. The topological polar surface area (TPSA) is 43.4 Å². The zero-order valence-corrected chi connectivity index (χ0v) is 21.5. The fraction of sp³-hybridized carbons (Fsp3) is 0.862. The Morgan fingerprint density at radius 2 is 1.59 bits per heavy atom. The molecule has 0 saturated heterocycles. The highest BCUT2D eigenvalue weighted by Crippen LogP contribution is 2.76. The fourth-order valence-corrected chi connectivity index (χ4v) is 10.5. The van der Waals surface area contributed by atoms with Gasteiger partial charge in [-0.1, -0.05) is 47.1 Å². The lowest BCUT2D eigenvalue weighted by atomic mass is 9.33. The molecule has 0 N–H and O–H groups in total. The van der Waals surface area contributed by atoms with Crippen LogP contribution in [0.1, 0.15) is 106 Å². The van der Waals surface area contributed by atoms with Crippen molar-refractivity contribution in [1.29, 1.82) is 0 Å². The van der Waals surface area contributed by atoms with E-state index >= 15 is 0 Å². The number of ether oxygens (including phenoxy) is 1. The summed E-state index contributed by atoms with van der Waals surface area (Å²) in [7, 11) is 0. The predicted molar refractivity (Wildman–Crippen MR) is 127 cm³/mol. The molecule has 0 heterocycles. The maximum atomic E-state index is 12.5. The maximum Gasteiger partial charge on any atom is 0.302 e. The van der Waals surface area contributed by atoms with E-state index in [1.54, 1.807) is 6.92 Å². The van der Waals surface area contributed by atoms with Gasteiger partial charge in [0, 0.05) is 18.8 Å². The van der Waals surface area contributed by atoms with E-state index < -0.39 is 0 Å². The third kappa shape index (κ3) is 2.72. The Kier molecular flexibility index (Phi) is 4.76. The first-order chi connectivity index (χ1) is 14.8. The molecule has 0 spiro atoms. The van der Waals surface area contributed by atoms with Crippen molar-refractivity contribution in [1.82, 2.24) is 0 Å². The molecule has 0 aromatic heterocycles. The van der Waals surface area contributed by atoms with Crippen molar-refractivity contribution in [2.24, 2.45) is 44.8 Å². The molecular weight excluding hydrogens is 396 g/mol. The highest BCUT2D eigenvalue weighted by Gasteiger charge is 2.69. The predicted octanol–water partition coefficient (Wildman–Crippen LogP) is 6.89. The molecule has 8 atom stereocenters. The number of rotatable bonds is 1. The van der Waals surface area contributed by atoms with Crippen LogP contribution in [0, 0.1) is 44.8 Å². The first-order valence-electron chi connectivity index (χ1n) is 13.2. The second-order valence-corrected chi connectivity index (χ2v) is 13.9. The van der Waals surface area contributed by atoms with Crippen LogP contribution in [0.15, 0.2) is 11.6 Å². The number of ketones is 1. The molecule has 0 aliphatic heterocycles. The third-order valence-electron chi connectivity index (χ3n) is 12.3. The largest absolute Gasteiger partial charge is 0.462 e. The summed E-state index contributed by atoms with van der Waals surface area (Å²) in [5.41, 5.74) is 2.51. The van der Waals surface area contributed by atoms with Gasteiger partial charge < -0.3 is 4.74 Å². The Morgan fingerprint density at radius 3 is 2.28 bits per heavy atom. The van der Waals surface area contributed by atoms with Crippen LogP contribution in [0.3, 0.4) is 0 Å². The Hall–Kier alpha value is -1.12. The molecule has 0 bridgehead atoms. The summed E-state index contributed by atoms with van der Waals surface area (Å²) in [4.78, 5) is 24.3. The fourth-order valence-electron chi connectivity index (χ4n) is 10.5. The van der Waals surface area contributed by atoms with E-state index in [0.29, 0.717) is 34.4 Å². The Labute approximate surface area is 195 Å². The SMILES string of the molecule is CC(=O)O[C@H]1CC[C@]2(C)[C@H]3CC[C@@H]4C5=CC(=O)C[C@]5(C)CC[C@@]4(C)[C@]3(C)CC[C@H]2C1(C)C. The third-order valence-corrected chi connectivity index (χ3v) is 12.3. The minimum atomic E-state index is -0.134. The molecule has 0 amide bonds. The van der Waals surface area contributed by atoms with Crippen LogP contribution in [0.5, 0.6) is 0 Å². The standard InChI is InChI=1S/C29H44O3/c1-18(30)32-24-11-12-27(5)22(25(24,2)3)10-13-29(7)23(27)9-8-20-21-16-19(31)17-26(21,4)14-15-28(20,29)6/h16,20,22-24H,8-15,17H2,1-7H3/t20-,22+,23-,24+,26+,27+,28-,29-/m1/s1. The van der Waals surface area contributed by atoms with Gasteiger partial charge in [0.2, 0.25) is 0 Å². The van der Waals surface area contributed by atoms with E-state index in [-0.39, 0.29) is 28.3 Å². The van der Waals surface area contributed by atoms with Gasteiger partial charge in [-0.2, -0.15) is 0 Å². The number of hydrogen-bond donors (Lipinski definition) is 0. The van der Waals surface area contributed by atoms with Crippen molar-refractivity contribution in [3.63, 3.8) is 0 Å². The summed E-state index contributed by atoms with van der Waals surface area (Å²) in [5, 5.41) is 0. The lowest BCUT2D eigenvalue weighted by Gasteiger charge is -2.72. The summed E-state index contributed by atoms with van der Waals surface area (Å²) < 4.78 is 5.86. The lowest BCUT2D eigenvalue weighted by Crippen LogP contribution is -2.65. The van der Waals surface area contributed by atoms with Gasteiger partial charge in [0.05, 0.1) is 0 Å². The van der Waals surface area contributed by atoms with Gasteiger partial charge in [-0.25, -0.2) is 0 Å². The van der Waals surface area contributed by atoms with Crippen molar-refractivity contribution in [3.05, 3.63) is 11.6 Å². The van der Waals surface area contributed by atoms with Gasteiger partial charge in [0.25, 0.3) is 0 Å². The van der Waals surface area contributed by atoms with Crippen molar-refractivity contribution < 1.29 is 14.3 Å². The van der Waals surface area contributed by atoms with Gasteiger partial charge in [-0.15, -0.1) is 0 Å². The number of allylic oxidation sites excluding steroid dienone is 2. The van der Waals surface area contributed by atoms with E-state index in [9.17, 15) is 9.59 Å². The molecule has 0 aromatic carbocycles. The molecule has 5 aliphatic carbocycles. The Bertz CT molecular complexity index is 885. The highest BCUT2D eigenvalue weighted by molar-refractivity contribution is 5.94. The van der Waals surface area contributed by atoms with Gasteiger partial charge in [-0.3, -0.25) is 9.59 Å². The zero-order valence-electron chi connectivity index (χ0n) is 21.5. The molecule has 5 rings (SSSR count). The number of carbonyl (C=O) groups is 2. The van der Waals surface area contributed by atoms with Crippen LogP contribution in [0.25, 0.3) is 0 Å². The molecule has 0 unspecified atom stereocenters. The number of hydrogen-bond acceptors (Lipinski definition) is 3. The van der Waals surface area contributed by atoms with Crippen LogP contribution in [-0.2, 0) is 14.3 Å². The Balaban J connectivity index is 1.51. The van der Waals surface area contributed by atoms with E-state index in [2.05, 4.69) is 47.6 Å². The molecule has 4 fully saturated rings. The monoisotopic (exact) mass is 440 g/mol. The second kappa shape index (κ2) is 6.72. The number of carbonyl (C=O) groups excluding carboxylic acids is 2. The minimum absolute atomic E-state index is 0.0172. The molecule has 32 heavy (non-hydrogen) atoms. The van der Waals surface area contributed by atoms with E-state index in [1.807, 2.05) is 0 Å². The minimum Gasteiger partial charge on any atom is -0.462 e. The summed E-state index contributed by atoms with van der Waals surface area (Å²) in [6.07, 6.45) is 12.4. The van der Waals surface area contributed by atoms with Crippen molar-refractivity contribution in [3.8, 4) is 0 Å². The summed E-state index contributed by atoms with van der Waals surface area (Å²) in [5.74, 6) is 2.09. The molecule has 0 aromatic rings. The van der Waals surface area contributed by atoms with Crippen LogP contribution < -0.4 is 0 Å². The van der Waals surface area contributed by atoms with E-state index in [0.717, 1.165) is 12.8 Å². The van der Waals surface area contributed by atoms with Gasteiger partial charge in [0.1, 0.15) is 6.10 Å². The van der Waals surface area contributed by atoms with Gasteiger partial charge in [-0.05, 0) is 96.9 Å². The summed E-state index contributed by atoms with van der Waals surface area (Å²) in [6, 6.07) is 0. The molecule has 0 radical (unpaired) electrons. The average Bonchev–Trinajstić information content (AvgIpc) is 2.99. The quantitative estimate of drug-likeness (QED) is 0.417. The van der Waals surface area contributed by atoms with E-state index in [4.69, 9.17) is 4.74 Å². The smallest absolute Gasteiger partial charge is 0.302 e. The van der Waals surface area contributed by atoms with Crippen molar-refractivity contribution in [2.45, 2.75) is 112 Å². The Morgan fingerprint density at radius 1 is 0.875 bits per heavy atom.